The third kappa shape index (κ3) is 4.11. The van der Waals surface area contributed by atoms with Crippen LogP contribution in [0.5, 0.6) is 0 Å². The van der Waals surface area contributed by atoms with Gasteiger partial charge in [-0.15, -0.1) is 5.10 Å². The van der Waals surface area contributed by atoms with E-state index in [9.17, 15) is 4.79 Å². The molecule has 1 atom stereocenters. The number of nitrogens with zero attached hydrogens (tertiary/aromatic N) is 6. The summed E-state index contributed by atoms with van der Waals surface area (Å²) in [6.07, 6.45) is 6.80. The molecule has 0 radical (unpaired) electrons. The van der Waals surface area contributed by atoms with Crippen molar-refractivity contribution in [3.63, 3.8) is 0 Å². The Bertz CT molecular complexity index is 901. The molecule has 1 aliphatic heterocycles. The fraction of sp³-hybridized carbons (Fsp3) is 0.450. The molecule has 0 spiro atoms. The minimum atomic E-state index is 0.203. The third-order valence-corrected chi connectivity index (χ3v) is 5.38. The first-order chi connectivity index (χ1) is 13.7. The quantitative estimate of drug-likeness (QED) is 0.710. The zero-order valence-electron chi connectivity index (χ0n) is 16.1. The van der Waals surface area contributed by atoms with Crippen LogP contribution in [0.25, 0.3) is 11.1 Å². The number of nitrogens with one attached hydrogen (secondary N) is 1. The maximum atomic E-state index is 12.7. The van der Waals surface area contributed by atoms with Gasteiger partial charge in [0.25, 0.3) is 0 Å². The summed E-state index contributed by atoms with van der Waals surface area (Å²) >= 11 is 0. The second-order valence-electron chi connectivity index (χ2n) is 7.42. The van der Waals surface area contributed by atoms with Crippen LogP contribution in [0.2, 0.25) is 0 Å². The molecule has 4 rings (SSSR count). The van der Waals surface area contributed by atoms with Crippen LogP contribution in [-0.4, -0.2) is 54.3 Å². The molecular formula is C20H25N7O. The Balaban J connectivity index is 1.39. The number of aryl methyl sites for hydroxylation is 2. The first-order valence-corrected chi connectivity index (χ1v) is 9.79. The maximum Gasteiger partial charge on any atom is 0.222 e. The van der Waals surface area contributed by atoms with Gasteiger partial charge in [-0.1, -0.05) is 29.8 Å². The molecule has 0 bridgehead atoms. The highest BCUT2D eigenvalue weighted by atomic mass is 16.2. The molecule has 1 aromatic carbocycles. The van der Waals surface area contributed by atoms with Crippen molar-refractivity contribution in [3.05, 3.63) is 48.0 Å². The topological polar surface area (TPSA) is 92.6 Å². The van der Waals surface area contributed by atoms with Crippen LogP contribution >= 0.6 is 0 Å². The molecule has 8 heteroatoms. The van der Waals surface area contributed by atoms with Gasteiger partial charge in [-0.2, -0.15) is 5.10 Å². The van der Waals surface area contributed by atoms with E-state index in [-0.39, 0.29) is 11.8 Å². The van der Waals surface area contributed by atoms with Crippen molar-refractivity contribution in [3.8, 4) is 11.1 Å². The van der Waals surface area contributed by atoms with Crippen LogP contribution < -0.4 is 0 Å². The van der Waals surface area contributed by atoms with Crippen molar-refractivity contribution in [2.24, 2.45) is 0 Å². The summed E-state index contributed by atoms with van der Waals surface area (Å²) in [5.41, 5.74) is 4.68. The van der Waals surface area contributed by atoms with Gasteiger partial charge in [0, 0.05) is 43.2 Å². The lowest BCUT2D eigenvalue weighted by atomic mass is 9.90. The van der Waals surface area contributed by atoms with Crippen LogP contribution in [0.1, 0.15) is 42.9 Å². The van der Waals surface area contributed by atoms with E-state index in [0.29, 0.717) is 13.0 Å². The summed E-state index contributed by atoms with van der Waals surface area (Å²) in [6.45, 7) is 4.32. The van der Waals surface area contributed by atoms with E-state index in [1.807, 2.05) is 11.1 Å². The summed E-state index contributed by atoms with van der Waals surface area (Å²) in [5, 5.41) is 18.6. The van der Waals surface area contributed by atoms with Crippen molar-refractivity contribution in [2.75, 3.05) is 13.1 Å². The highest BCUT2D eigenvalue weighted by Gasteiger charge is 2.27. The van der Waals surface area contributed by atoms with Gasteiger partial charge in [-0.05, 0) is 42.2 Å². The van der Waals surface area contributed by atoms with Crippen molar-refractivity contribution in [2.45, 2.75) is 45.1 Å². The number of piperidine rings is 1. The number of likely N-dealkylation sites (tertiary alicyclic amines) is 1. The van der Waals surface area contributed by atoms with Crippen LogP contribution in [0, 0.1) is 6.92 Å². The number of H-pyrrole nitrogens is 1. The molecule has 1 saturated heterocycles. The van der Waals surface area contributed by atoms with E-state index < -0.39 is 0 Å². The van der Waals surface area contributed by atoms with Gasteiger partial charge >= 0.3 is 0 Å². The molecule has 1 fully saturated rings. The molecule has 2 aromatic heterocycles. The molecule has 0 saturated carbocycles. The zero-order valence-corrected chi connectivity index (χ0v) is 16.1. The van der Waals surface area contributed by atoms with Crippen LogP contribution in [0.4, 0.5) is 0 Å². The van der Waals surface area contributed by atoms with Gasteiger partial charge in [0.2, 0.25) is 5.91 Å². The molecular weight excluding hydrogens is 354 g/mol. The molecule has 1 amide bonds. The lowest BCUT2D eigenvalue weighted by molar-refractivity contribution is -0.132. The van der Waals surface area contributed by atoms with Crippen LogP contribution in [-0.2, 0) is 11.3 Å². The Kier molecular flexibility index (Phi) is 5.45. The van der Waals surface area contributed by atoms with E-state index in [1.54, 1.807) is 11.0 Å². The molecule has 0 unspecified atom stereocenters. The van der Waals surface area contributed by atoms with Gasteiger partial charge in [0.1, 0.15) is 6.33 Å². The number of amides is 1. The van der Waals surface area contributed by atoms with Gasteiger partial charge in [0.15, 0.2) is 0 Å². The number of carbonyl (C=O) groups excluding carboxylic acids is 1. The number of hydrogen-bond donors (Lipinski definition) is 1. The zero-order chi connectivity index (χ0) is 19.3. The number of aromatic nitrogens is 6. The lowest BCUT2D eigenvalue weighted by Crippen LogP contribution is -2.39. The molecule has 3 aromatic rings. The second kappa shape index (κ2) is 8.33. The predicted molar refractivity (Wildman–Crippen MR) is 104 cm³/mol. The normalized spacial score (nSPS) is 17.0. The molecule has 28 heavy (non-hydrogen) atoms. The Hall–Kier alpha value is -3.03. The summed E-state index contributed by atoms with van der Waals surface area (Å²) in [5.74, 6) is 0.491. The smallest absolute Gasteiger partial charge is 0.222 e. The summed E-state index contributed by atoms with van der Waals surface area (Å²) < 4.78 is 1.66. The fourth-order valence-electron chi connectivity index (χ4n) is 3.84. The lowest BCUT2D eigenvalue weighted by Gasteiger charge is -2.33. The number of hydrogen-bond acceptors (Lipinski definition) is 5. The Morgan fingerprint density at radius 3 is 2.93 bits per heavy atom. The van der Waals surface area contributed by atoms with Gasteiger partial charge in [0.05, 0.1) is 6.20 Å². The minimum absolute atomic E-state index is 0.203. The Morgan fingerprint density at radius 2 is 2.14 bits per heavy atom. The van der Waals surface area contributed by atoms with Gasteiger partial charge in [-0.3, -0.25) is 9.89 Å². The number of carbonyl (C=O) groups is 1. The Morgan fingerprint density at radius 1 is 1.29 bits per heavy atom. The van der Waals surface area contributed by atoms with Crippen LogP contribution in [0.15, 0.2) is 36.8 Å². The summed E-state index contributed by atoms with van der Waals surface area (Å²) in [4.78, 5) is 14.7. The number of benzene rings is 1. The van der Waals surface area contributed by atoms with E-state index in [2.05, 4.69) is 56.9 Å². The Labute approximate surface area is 163 Å². The average molecular weight is 379 g/mol. The largest absolute Gasteiger partial charge is 0.342 e. The molecule has 0 aliphatic carbocycles. The van der Waals surface area contributed by atoms with E-state index in [1.165, 1.54) is 11.1 Å². The number of rotatable bonds is 6. The van der Waals surface area contributed by atoms with Crippen molar-refractivity contribution < 1.29 is 4.79 Å². The van der Waals surface area contributed by atoms with E-state index in [0.717, 1.165) is 43.6 Å². The maximum absolute atomic E-state index is 12.7. The molecule has 1 N–H and O–H groups in total. The molecule has 3 heterocycles. The first kappa shape index (κ1) is 18.3. The third-order valence-electron chi connectivity index (χ3n) is 5.38. The highest BCUT2D eigenvalue weighted by Crippen LogP contribution is 2.33. The molecule has 8 nitrogen and oxygen atoms in total. The monoisotopic (exact) mass is 379 g/mol. The van der Waals surface area contributed by atoms with Crippen molar-refractivity contribution >= 4 is 5.91 Å². The number of aromatic amines is 1. The van der Waals surface area contributed by atoms with E-state index in [4.69, 9.17) is 0 Å². The van der Waals surface area contributed by atoms with E-state index >= 15 is 0 Å². The molecule has 146 valence electrons. The minimum Gasteiger partial charge on any atom is -0.342 e. The van der Waals surface area contributed by atoms with Gasteiger partial charge in [-0.25, -0.2) is 4.68 Å². The van der Waals surface area contributed by atoms with Gasteiger partial charge < -0.3 is 4.90 Å². The standard InChI is InChI=1S/C20H25N7O/c1-15-6-8-16(9-7-15)18-12-21-23-20(18)17-4-2-10-26(13-17)19(28)5-3-11-27-14-22-24-25-27/h6-9,12,14,17H,2-5,10-11,13H2,1H3,(H,21,23)/t17-/m1/s1. The first-order valence-electron chi connectivity index (χ1n) is 9.79. The SMILES string of the molecule is Cc1ccc(-c2cn[nH]c2[C@@H]2CCCN(C(=O)CCCn3cnnn3)C2)cc1. The van der Waals surface area contributed by atoms with Crippen molar-refractivity contribution in [1.29, 1.82) is 0 Å². The van der Waals surface area contributed by atoms with Crippen molar-refractivity contribution in [1.82, 2.24) is 35.3 Å². The number of tetrazole rings is 1. The summed E-state index contributed by atoms with van der Waals surface area (Å²) in [6, 6.07) is 8.50. The predicted octanol–water partition coefficient (Wildman–Crippen LogP) is 2.56. The van der Waals surface area contributed by atoms with Crippen LogP contribution in [0.3, 0.4) is 0 Å². The summed E-state index contributed by atoms with van der Waals surface area (Å²) in [7, 11) is 0. The second-order valence-corrected chi connectivity index (χ2v) is 7.42. The average Bonchev–Trinajstić information content (AvgIpc) is 3.41. The highest BCUT2D eigenvalue weighted by molar-refractivity contribution is 5.76. The fourth-order valence-corrected chi connectivity index (χ4v) is 3.84. The molecule has 1 aliphatic rings.